The van der Waals surface area contributed by atoms with Crippen molar-refractivity contribution in [2.45, 2.75) is 196 Å². The Kier molecular flexibility index (Phi) is 16.7. The minimum atomic E-state index is -1.11. The summed E-state index contributed by atoms with van der Waals surface area (Å²) in [4.78, 5) is 45.3. The van der Waals surface area contributed by atoms with Crippen LogP contribution < -0.4 is 0 Å². The maximum Gasteiger partial charge on any atom is 0.255 e. The first-order chi connectivity index (χ1) is 19.6. The van der Waals surface area contributed by atoms with E-state index in [4.69, 9.17) is 39.1 Å². The van der Waals surface area contributed by atoms with Crippen LogP contribution in [0.5, 0.6) is 0 Å². The van der Waals surface area contributed by atoms with Crippen LogP contribution in [0, 0.1) is 0 Å². The molecule has 0 aliphatic rings. The van der Waals surface area contributed by atoms with Crippen molar-refractivity contribution in [3.8, 4) is 0 Å². The predicted molar refractivity (Wildman–Crippen MR) is 178 cm³/mol. The van der Waals surface area contributed by atoms with Gasteiger partial charge in [0.25, 0.3) is 6.29 Å². The van der Waals surface area contributed by atoms with Crippen LogP contribution in [0.15, 0.2) is 24.3 Å². The van der Waals surface area contributed by atoms with Gasteiger partial charge in [0.1, 0.15) is 0 Å². The summed E-state index contributed by atoms with van der Waals surface area (Å²) in [7, 11) is 0. The molecule has 8 nitrogen and oxygen atoms in total. The van der Waals surface area contributed by atoms with E-state index in [0.717, 1.165) is 0 Å². The van der Waals surface area contributed by atoms with Crippen LogP contribution in [0.3, 0.4) is 0 Å². The Hall–Kier alpha value is -1.10. The lowest BCUT2D eigenvalue weighted by Crippen LogP contribution is -2.49. The van der Waals surface area contributed by atoms with Crippen LogP contribution in [0.2, 0.25) is 0 Å². The van der Waals surface area contributed by atoms with Crippen molar-refractivity contribution in [2.75, 3.05) is 0 Å². The molecule has 0 radical (unpaired) electrons. The van der Waals surface area contributed by atoms with E-state index in [-0.39, 0.29) is 0 Å². The first kappa shape index (κ1) is 42.9. The molecule has 0 heterocycles. The monoisotopic (exact) mass is 628 g/mol. The minimum absolute atomic E-state index is 0.426. The van der Waals surface area contributed by atoms with Gasteiger partial charge in [-0.25, -0.2) is 29.3 Å². The molecule has 0 N–H and O–H groups in total. The van der Waals surface area contributed by atoms with Gasteiger partial charge in [-0.05, 0) is 140 Å². The molecule has 0 aliphatic heterocycles. The van der Waals surface area contributed by atoms with Gasteiger partial charge in [-0.3, -0.25) is 0 Å². The van der Waals surface area contributed by atoms with E-state index in [1.165, 1.54) is 11.1 Å². The zero-order valence-corrected chi connectivity index (χ0v) is 31.7. The molecule has 0 spiro atoms. The molecule has 0 fully saturated rings. The number of benzene rings is 1. The fourth-order valence-corrected chi connectivity index (χ4v) is 3.41. The summed E-state index contributed by atoms with van der Waals surface area (Å²) in [5.41, 5.74) is -0.854. The molecule has 0 aromatic heterocycles. The Labute approximate surface area is 270 Å². The molecular weight excluding hydrogens is 560 g/mol. The number of rotatable bonds is 14. The molecule has 0 aliphatic carbocycles. The van der Waals surface area contributed by atoms with Gasteiger partial charge in [-0.15, -0.1) is 0 Å². The molecule has 44 heavy (non-hydrogen) atoms. The Morgan fingerprint density at radius 1 is 0.455 bits per heavy atom. The van der Waals surface area contributed by atoms with E-state index in [2.05, 4.69) is 52.0 Å². The fraction of sp³-hybridized carbons (Fsp3) is 0.833. The standard InChI is InChI=1S/C24H50O8.C12H18/c1-19(2,3)27-25-18(26-28-20(4,5)6)24(15,32-30-22(10,11)12)17-16-23(13,14)31-29-21(7,8)9;1-9(2)11-7-5-6-8-12(11)10(3)4/h18H,16-17H2,1-15H3;5-10H,1-4H3. The van der Waals surface area contributed by atoms with E-state index in [0.29, 0.717) is 24.7 Å². The summed E-state index contributed by atoms with van der Waals surface area (Å²) in [5.74, 6) is 1.28. The highest BCUT2D eigenvalue weighted by atomic mass is 17.3. The zero-order chi connectivity index (χ0) is 34.8. The van der Waals surface area contributed by atoms with Crippen molar-refractivity contribution in [2.24, 2.45) is 0 Å². The summed E-state index contributed by atoms with van der Waals surface area (Å²) in [5, 5.41) is 0. The molecule has 0 amide bonds. The van der Waals surface area contributed by atoms with Crippen LogP contribution in [0.25, 0.3) is 0 Å². The van der Waals surface area contributed by atoms with E-state index < -0.39 is 39.9 Å². The lowest BCUT2D eigenvalue weighted by atomic mass is 9.91. The number of hydrogen-bond acceptors (Lipinski definition) is 8. The highest BCUT2D eigenvalue weighted by molar-refractivity contribution is 5.31. The van der Waals surface area contributed by atoms with Crippen molar-refractivity contribution in [3.05, 3.63) is 35.4 Å². The van der Waals surface area contributed by atoms with Crippen LogP contribution in [-0.4, -0.2) is 39.9 Å². The van der Waals surface area contributed by atoms with E-state index in [1.54, 1.807) is 0 Å². The summed E-state index contributed by atoms with van der Waals surface area (Å²) in [6.45, 7) is 37.4. The highest BCUT2D eigenvalue weighted by Gasteiger charge is 2.45. The van der Waals surface area contributed by atoms with Gasteiger partial charge in [-0.1, -0.05) is 52.0 Å². The second-order valence-electron chi connectivity index (χ2n) is 17.0. The molecule has 1 aromatic rings. The van der Waals surface area contributed by atoms with Crippen LogP contribution in [0.1, 0.15) is 167 Å². The van der Waals surface area contributed by atoms with Crippen molar-refractivity contribution >= 4 is 0 Å². The Balaban J connectivity index is 0.00000127. The molecule has 0 saturated carbocycles. The molecule has 0 saturated heterocycles. The van der Waals surface area contributed by atoms with Crippen LogP contribution in [-0.2, 0) is 39.1 Å². The normalized spacial score (nSPS) is 15.0. The zero-order valence-electron chi connectivity index (χ0n) is 31.7. The summed E-state index contributed by atoms with van der Waals surface area (Å²) in [6.07, 6.45) is -0.0843. The molecule has 1 aromatic carbocycles. The second-order valence-corrected chi connectivity index (χ2v) is 17.0. The highest BCUT2D eigenvalue weighted by Crippen LogP contribution is 2.34. The van der Waals surface area contributed by atoms with Gasteiger partial charge in [-0.2, -0.15) is 9.78 Å². The third-order valence-corrected chi connectivity index (χ3v) is 5.73. The second kappa shape index (κ2) is 17.2. The van der Waals surface area contributed by atoms with Gasteiger partial charge in [0.05, 0.1) is 28.0 Å². The van der Waals surface area contributed by atoms with Crippen molar-refractivity contribution in [1.82, 2.24) is 0 Å². The van der Waals surface area contributed by atoms with E-state index in [9.17, 15) is 0 Å². The Morgan fingerprint density at radius 3 is 1.11 bits per heavy atom. The van der Waals surface area contributed by atoms with Gasteiger partial charge >= 0.3 is 0 Å². The maximum atomic E-state index is 5.92. The lowest BCUT2D eigenvalue weighted by molar-refractivity contribution is -0.546. The molecule has 8 heteroatoms. The first-order valence-corrected chi connectivity index (χ1v) is 16.1. The molecule has 1 unspecified atom stereocenters. The summed E-state index contributed by atoms with van der Waals surface area (Å²) < 4.78 is 0. The van der Waals surface area contributed by atoms with Crippen molar-refractivity contribution in [1.29, 1.82) is 0 Å². The van der Waals surface area contributed by atoms with Gasteiger partial charge in [0.15, 0.2) is 5.60 Å². The number of hydrogen-bond donors (Lipinski definition) is 0. The predicted octanol–water partition coefficient (Wildman–Crippen LogP) is 10.6. The molecule has 1 rings (SSSR count). The molecule has 260 valence electrons. The Morgan fingerprint density at radius 2 is 0.795 bits per heavy atom. The van der Waals surface area contributed by atoms with Gasteiger partial charge in [0.2, 0.25) is 0 Å². The first-order valence-electron chi connectivity index (χ1n) is 16.1. The van der Waals surface area contributed by atoms with Gasteiger partial charge < -0.3 is 0 Å². The average molecular weight is 629 g/mol. The van der Waals surface area contributed by atoms with Gasteiger partial charge in [0, 0.05) is 0 Å². The molecule has 1 atom stereocenters. The molecular formula is C36H68O8. The topological polar surface area (TPSA) is 73.8 Å². The van der Waals surface area contributed by atoms with Crippen LogP contribution in [0.4, 0.5) is 0 Å². The molecule has 0 bridgehead atoms. The lowest BCUT2D eigenvalue weighted by Gasteiger charge is -2.39. The van der Waals surface area contributed by atoms with E-state index >= 15 is 0 Å². The van der Waals surface area contributed by atoms with Crippen molar-refractivity contribution in [3.63, 3.8) is 0 Å². The van der Waals surface area contributed by atoms with Crippen LogP contribution >= 0.6 is 0 Å². The van der Waals surface area contributed by atoms with Crippen molar-refractivity contribution < 1.29 is 39.1 Å². The third-order valence-electron chi connectivity index (χ3n) is 5.73. The quantitative estimate of drug-likeness (QED) is 0.114. The third kappa shape index (κ3) is 20.1. The summed E-state index contributed by atoms with van der Waals surface area (Å²) in [6, 6.07) is 8.72. The largest absolute Gasteiger partial charge is 0.255 e. The average Bonchev–Trinajstić information content (AvgIpc) is 2.83. The Bertz CT molecular complexity index is 884. The maximum absolute atomic E-state index is 5.92. The SMILES string of the molecule is CC(C)(C)OOC(OOC(C)(C)C)C(C)(CCC(C)(C)OOC(C)(C)C)OOC(C)(C)C.CC(C)c1ccccc1C(C)C. The summed E-state index contributed by atoms with van der Waals surface area (Å²) >= 11 is 0. The smallest absolute Gasteiger partial charge is 0.230 e. The minimum Gasteiger partial charge on any atom is -0.230 e. The fourth-order valence-electron chi connectivity index (χ4n) is 3.41. The van der Waals surface area contributed by atoms with E-state index in [1.807, 2.05) is 104 Å².